The van der Waals surface area contributed by atoms with Crippen molar-refractivity contribution >= 4 is 12.2 Å². The summed E-state index contributed by atoms with van der Waals surface area (Å²) >= 11 is 5.23. The molecule has 1 heterocycles. The van der Waals surface area contributed by atoms with Gasteiger partial charge in [0.15, 0.2) is 0 Å². The van der Waals surface area contributed by atoms with Crippen molar-refractivity contribution in [2.75, 3.05) is 6.61 Å². The molecule has 1 aromatic heterocycles. The number of aromatic amines is 1. The molecule has 1 atom stereocenters. The van der Waals surface area contributed by atoms with Gasteiger partial charge >= 0.3 is 0 Å². The van der Waals surface area contributed by atoms with Crippen LogP contribution in [0.4, 0.5) is 0 Å². The van der Waals surface area contributed by atoms with Gasteiger partial charge in [-0.15, -0.1) is 0 Å². The van der Waals surface area contributed by atoms with Crippen molar-refractivity contribution in [3.05, 3.63) is 22.2 Å². The van der Waals surface area contributed by atoms with Gasteiger partial charge in [0.25, 0.3) is 0 Å². The fraction of sp³-hybridized carbons (Fsp3) is 0.692. The van der Waals surface area contributed by atoms with E-state index in [1.807, 2.05) is 13.0 Å². The van der Waals surface area contributed by atoms with E-state index in [1.54, 1.807) is 0 Å². The molecular formula is C13H20N2OS. The maximum atomic E-state index is 5.80. The van der Waals surface area contributed by atoms with Crippen LogP contribution in [0.25, 0.3) is 0 Å². The molecule has 17 heavy (non-hydrogen) atoms. The minimum atomic E-state index is 0.0976. The molecule has 0 saturated heterocycles. The highest BCUT2D eigenvalue weighted by Crippen LogP contribution is 2.42. The lowest BCUT2D eigenvalue weighted by Gasteiger charge is -2.17. The van der Waals surface area contributed by atoms with Crippen LogP contribution in [0.15, 0.2) is 6.07 Å². The third-order valence-corrected chi connectivity index (χ3v) is 3.28. The summed E-state index contributed by atoms with van der Waals surface area (Å²) < 4.78 is 6.46. The van der Waals surface area contributed by atoms with Crippen LogP contribution in [0.5, 0.6) is 0 Å². The second kappa shape index (κ2) is 5.27. The van der Waals surface area contributed by atoms with Crippen LogP contribution >= 0.6 is 12.2 Å². The summed E-state index contributed by atoms with van der Waals surface area (Å²) in [6, 6.07) is 1.94. The van der Waals surface area contributed by atoms with E-state index >= 15 is 0 Å². The van der Waals surface area contributed by atoms with E-state index in [0.717, 1.165) is 18.1 Å². The predicted octanol–water partition coefficient (Wildman–Crippen LogP) is 3.75. The van der Waals surface area contributed by atoms with Gasteiger partial charge in [0.2, 0.25) is 0 Å². The Bertz CT molecular complexity index is 437. The number of nitrogens with one attached hydrogen (secondary N) is 1. The fourth-order valence-corrected chi connectivity index (χ4v) is 2.18. The summed E-state index contributed by atoms with van der Waals surface area (Å²) in [4.78, 5) is 7.82. The summed E-state index contributed by atoms with van der Waals surface area (Å²) in [7, 11) is 0. The van der Waals surface area contributed by atoms with Crippen LogP contribution in [-0.2, 0) is 4.74 Å². The molecule has 3 nitrogen and oxygen atoms in total. The standard InChI is InChI=1S/C13H20N2OS/c1-4-16-12(9-5-6-9)13-14-10(8(2)3)7-11(17)15-13/h7-9,12H,4-6H2,1-3H3,(H,14,15,17). The third kappa shape index (κ3) is 3.13. The Hall–Kier alpha value is -0.740. The lowest BCUT2D eigenvalue weighted by Crippen LogP contribution is -2.12. The molecule has 0 bridgehead atoms. The molecule has 4 heteroatoms. The molecule has 1 unspecified atom stereocenters. The normalized spacial score (nSPS) is 17.4. The lowest BCUT2D eigenvalue weighted by atomic mass is 10.1. The van der Waals surface area contributed by atoms with Crippen LogP contribution in [0.1, 0.15) is 57.2 Å². The zero-order chi connectivity index (χ0) is 12.4. The summed E-state index contributed by atoms with van der Waals surface area (Å²) in [6.45, 7) is 7.04. The lowest BCUT2D eigenvalue weighted by molar-refractivity contribution is 0.0397. The minimum absolute atomic E-state index is 0.0976. The Morgan fingerprint density at radius 1 is 1.53 bits per heavy atom. The number of ether oxygens (including phenoxy) is 1. The highest BCUT2D eigenvalue weighted by molar-refractivity contribution is 7.71. The van der Waals surface area contributed by atoms with Crippen molar-refractivity contribution in [2.45, 2.75) is 45.6 Å². The van der Waals surface area contributed by atoms with E-state index in [-0.39, 0.29) is 6.10 Å². The maximum absolute atomic E-state index is 5.80. The molecule has 2 rings (SSSR count). The van der Waals surface area contributed by atoms with E-state index in [1.165, 1.54) is 12.8 Å². The number of nitrogens with zero attached hydrogens (tertiary/aromatic N) is 1. The first-order chi connectivity index (χ1) is 8.11. The summed E-state index contributed by atoms with van der Waals surface area (Å²) in [5.74, 6) is 1.96. The van der Waals surface area contributed by atoms with Crippen LogP contribution in [0, 0.1) is 10.6 Å². The molecule has 94 valence electrons. The van der Waals surface area contributed by atoms with Gasteiger partial charge in [-0.3, -0.25) is 0 Å². The number of aromatic nitrogens is 2. The average molecular weight is 252 g/mol. The van der Waals surface area contributed by atoms with Crippen molar-refractivity contribution in [2.24, 2.45) is 5.92 Å². The van der Waals surface area contributed by atoms with Crippen molar-refractivity contribution < 1.29 is 4.74 Å². The van der Waals surface area contributed by atoms with E-state index in [2.05, 4.69) is 23.8 Å². The van der Waals surface area contributed by atoms with Crippen molar-refractivity contribution in [3.63, 3.8) is 0 Å². The van der Waals surface area contributed by atoms with Gasteiger partial charge in [-0.25, -0.2) is 4.98 Å². The van der Waals surface area contributed by atoms with Gasteiger partial charge in [-0.2, -0.15) is 0 Å². The first-order valence-corrected chi connectivity index (χ1v) is 6.75. The largest absolute Gasteiger partial charge is 0.370 e. The van der Waals surface area contributed by atoms with Crippen molar-refractivity contribution in [1.29, 1.82) is 0 Å². The van der Waals surface area contributed by atoms with E-state index in [0.29, 0.717) is 16.5 Å². The Morgan fingerprint density at radius 3 is 2.76 bits per heavy atom. The number of rotatable bonds is 5. The van der Waals surface area contributed by atoms with E-state index < -0.39 is 0 Å². The van der Waals surface area contributed by atoms with Gasteiger partial charge in [0.05, 0.1) is 0 Å². The van der Waals surface area contributed by atoms with E-state index in [4.69, 9.17) is 17.0 Å². The van der Waals surface area contributed by atoms with Crippen LogP contribution in [0.2, 0.25) is 0 Å². The molecule has 1 aromatic rings. The first-order valence-electron chi connectivity index (χ1n) is 6.34. The zero-order valence-corrected chi connectivity index (χ0v) is 11.5. The Kier molecular flexibility index (Phi) is 3.94. The minimum Gasteiger partial charge on any atom is -0.370 e. The molecule has 1 N–H and O–H groups in total. The summed E-state index contributed by atoms with van der Waals surface area (Å²) in [5.41, 5.74) is 1.14. The van der Waals surface area contributed by atoms with Gasteiger partial charge in [-0.05, 0) is 37.7 Å². The Morgan fingerprint density at radius 2 is 2.24 bits per heavy atom. The van der Waals surface area contributed by atoms with Crippen LogP contribution in [-0.4, -0.2) is 16.6 Å². The summed E-state index contributed by atoms with van der Waals surface area (Å²) in [5, 5.41) is 0. The van der Waals surface area contributed by atoms with Crippen LogP contribution in [0.3, 0.4) is 0 Å². The molecule has 0 aliphatic heterocycles. The molecule has 0 aromatic carbocycles. The quantitative estimate of drug-likeness (QED) is 0.811. The van der Waals surface area contributed by atoms with Gasteiger partial charge in [-0.1, -0.05) is 26.1 Å². The predicted molar refractivity (Wildman–Crippen MR) is 70.6 cm³/mol. The zero-order valence-electron chi connectivity index (χ0n) is 10.7. The molecule has 0 amide bonds. The van der Waals surface area contributed by atoms with Gasteiger partial charge in [0, 0.05) is 12.3 Å². The molecule has 1 fully saturated rings. The number of hydrogen-bond donors (Lipinski definition) is 1. The second-order valence-corrected chi connectivity index (χ2v) is 5.35. The Balaban J connectivity index is 2.32. The highest BCUT2D eigenvalue weighted by atomic mass is 32.1. The molecule has 1 saturated carbocycles. The van der Waals surface area contributed by atoms with Crippen LogP contribution < -0.4 is 0 Å². The fourth-order valence-electron chi connectivity index (χ4n) is 1.96. The molecule has 1 aliphatic carbocycles. The average Bonchev–Trinajstić information content (AvgIpc) is 3.08. The molecule has 0 spiro atoms. The smallest absolute Gasteiger partial charge is 0.137 e. The number of H-pyrrole nitrogens is 1. The number of hydrogen-bond acceptors (Lipinski definition) is 3. The van der Waals surface area contributed by atoms with Gasteiger partial charge < -0.3 is 9.72 Å². The summed E-state index contributed by atoms with van der Waals surface area (Å²) in [6.07, 6.45) is 2.57. The highest BCUT2D eigenvalue weighted by Gasteiger charge is 2.34. The maximum Gasteiger partial charge on any atom is 0.137 e. The molecular weight excluding hydrogens is 232 g/mol. The Labute approximate surface area is 108 Å². The van der Waals surface area contributed by atoms with Crippen molar-refractivity contribution in [3.8, 4) is 0 Å². The monoisotopic (exact) mass is 252 g/mol. The second-order valence-electron chi connectivity index (χ2n) is 4.93. The third-order valence-electron chi connectivity index (χ3n) is 3.07. The first kappa shape index (κ1) is 12.7. The molecule has 1 aliphatic rings. The SMILES string of the molecule is CCOC(c1nc(=S)cc(C(C)C)[nH]1)C1CC1. The molecule has 0 radical (unpaired) electrons. The van der Waals surface area contributed by atoms with Crippen molar-refractivity contribution in [1.82, 2.24) is 9.97 Å². The van der Waals surface area contributed by atoms with Gasteiger partial charge in [0.1, 0.15) is 16.6 Å². The van der Waals surface area contributed by atoms with E-state index in [9.17, 15) is 0 Å². The topological polar surface area (TPSA) is 37.9 Å².